The highest BCUT2D eigenvalue weighted by molar-refractivity contribution is 6.13. The van der Waals surface area contributed by atoms with Crippen LogP contribution in [0.5, 0.6) is 0 Å². The first kappa shape index (κ1) is 19.9. The largest absolute Gasteiger partial charge is 0.408 e. The predicted octanol–water partition coefficient (Wildman–Crippen LogP) is 4.38. The first-order valence-corrected chi connectivity index (χ1v) is 9.40. The third-order valence-electron chi connectivity index (χ3n) is 5.20. The van der Waals surface area contributed by atoms with Crippen molar-refractivity contribution in [2.45, 2.75) is 32.0 Å². The van der Waals surface area contributed by atoms with Crippen LogP contribution in [0, 0.1) is 6.92 Å². The number of hydrogen-bond donors (Lipinski definition) is 1. The average Bonchev–Trinajstić information content (AvgIpc) is 3.46. The van der Waals surface area contributed by atoms with E-state index in [1.807, 2.05) is 6.07 Å². The minimum absolute atomic E-state index is 0.0220. The SMILES string of the molecule is Cc1onc(-c2ccccc2)c1C(=O)c1c[nH]c(C(=O)N2CCC[C@H]2C(F)(F)F)c1. The molecule has 1 saturated heterocycles. The maximum Gasteiger partial charge on any atom is 0.408 e. The van der Waals surface area contributed by atoms with Gasteiger partial charge in [-0.25, -0.2) is 0 Å². The van der Waals surface area contributed by atoms with E-state index in [9.17, 15) is 22.8 Å². The highest BCUT2D eigenvalue weighted by Crippen LogP contribution is 2.34. The van der Waals surface area contributed by atoms with Crippen molar-refractivity contribution in [3.05, 3.63) is 65.2 Å². The first-order chi connectivity index (χ1) is 14.3. The zero-order valence-electron chi connectivity index (χ0n) is 16.0. The molecule has 1 N–H and O–H groups in total. The number of aromatic nitrogens is 2. The molecule has 2 aromatic heterocycles. The van der Waals surface area contributed by atoms with E-state index >= 15 is 0 Å². The van der Waals surface area contributed by atoms with Crippen LogP contribution in [0.15, 0.2) is 47.1 Å². The van der Waals surface area contributed by atoms with Crippen LogP contribution in [0.4, 0.5) is 13.2 Å². The standard InChI is InChI=1S/C21H18F3N3O3/c1-12-17(18(26-30-12)13-6-3-2-4-7-13)19(28)14-10-15(25-11-14)20(29)27-9-5-8-16(27)21(22,23)24/h2-4,6-7,10-11,16,25H,5,8-9H2,1H3/t16-/m0/s1. The number of aromatic amines is 1. The molecule has 1 atom stereocenters. The number of aryl methyl sites for hydroxylation is 1. The van der Waals surface area contributed by atoms with Gasteiger partial charge in [-0.3, -0.25) is 9.59 Å². The van der Waals surface area contributed by atoms with E-state index in [1.54, 1.807) is 31.2 Å². The van der Waals surface area contributed by atoms with Gasteiger partial charge in [0, 0.05) is 23.9 Å². The van der Waals surface area contributed by atoms with Crippen LogP contribution in [0.25, 0.3) is 11.3 Å². The molecule has 1 aromatic carbocycles. The molecule has 4 rings (SSSR count). The molecular weight excluding hydrogens is 399 g/mol. The Labute approximate surface area is 169 Å². The number of hydrogen-bond acceptors (Lipinski definition) is 4. The quantitative estimate of drug-likeness (QED) is 0.639. The summed E-state index contributed by atoms with van der Waals surface area (Å²) >= 11 is 0. The number of halogens is 3. The molecule has 9 heteroatoms. The highest BCUT2D eigenvalue weighted by atomic mass is 19.4. The summed E-state index contributed by atoms with van der Waals surface area (Å²) in [5.41, 5.74) is 1.38. The average molecular weight is 417 g/mol. The third kappa shape index (κ3) is 3.51. The van der Waals surface area contributed by atoms with Crippen molar-refractivity contribution in [1.29, 1.82) is 0 Å². The number of H-pyrrole nitrogens is 1. The maximum absolute atomic E-state index is 13.2. The number of benzene rings is 1. The van der Waals surface area contributed by atoms with Crippen molar-refractivity contribution < 1.29 is 27.3 Å². The molecule has 0 saturated carbocycles. The van der Waals surface area contributed by atoms with Crippen molar-refractivity contribution in [1.82, 2.24) is 15.0 Å². The number of nitrogens with one attached hydrogen (secondary N) is 1. The van der Waals surface area contributed by atoms with Gasteiger partial charge in [-0.05, 0) is 25.8 Å². The summed E-state index contributed by atoms with van der Waals surface area (Å²) in [6.07, 6.45) is -3.01. The minimum Gasteiger partial charge on any atom is -0.360 e. The predicted molar refractivity (Wildman–Crippen MR) is 101 cm³/mol. The number of ketones is 1. The normalized spacial score (nSPS) is 16.8. The van der Waals surface area contributed by atoms with E-state index in [0.29, 0.717) is 17.0 Å². The van der Waals surface area contributed by atoms with Crippen LogP contribution in [-0.2, 0) is 0 Å². The second-order valence-corrected chi connectivity index (χ2v) is 7.16. The summed E-state index contributed by atoms with van der Waals surface area (Å²) in [7, 11) is 0. The first-order valence-electron chi connectivity index (χ1n) is 9.40. The van der Waals surface area contributed by atoms with E-state index < -0.39 is 23.9 Å². The van der Waals surface area contributed by atoms with Crippen molar-refractivity contribution >= 4 is 11.7 Å². The van der Waals surface area contributed by atoms with Gasteiger partial charge >= 0.3 is 6.18 Å². The molecule has 0 aliphatic carbocycles. The van der Waals surface area contributed by atoms with Gasteiger partial charge in [0.15, 0.2) is 5.78 Å². The van der Waals surface area contributed by atoms with Crippen molar-refractivity contribution in [2.24, 2.45) is 0 Å². The zero-order chi connectivity index (χ0) is 21.5. The van der Waals surface area contributed by atoms with Crippen molar-refractivity contribution in [3.63, 3.8) is 0 Å². The zero-order valence-corrected chi connectivity index (χ0v) is 16.0. The molecule has 3 aromatic rings. The van der Waals surface area contributed by atoms with Gasteiger partial charge in [0.05, 0.1) is 5.56 Å². The van der Waals surface area contributed by atoms with Crippen LogP contribution in [0.2, 0.25) is 0 Å². The van der Waals surface area contributed by atoms with E-state index in [1.165, 1.54) is 12.3 Å². The fourth-order valence-corrected chi connectivity index (χ4v) is 3.73. The van der Waals surface area contributed by atoms with E-state index in [4.69, 9.17) is 4.52 Å². The van der Waals surface area contributed by atoms with E-state index in [2.05, 4.69) is 10.1 Å². The van der Waals surface area contributed by atoms with Crippen LogP contribution in [0.1, 0.15) is 45.0 Å². The van der Waals surface area contributed by atoms with E-state index in [0.717, 1.165) is 4.90 Å². The highest BCUT2D eigenvalue weighted by Gasteiger charge is 2.48. The summed E-state index contributed by atoms with van der Waals surface area (Å²) in [5.74, 6) is -0.902. The summed E-state index contributed by atoms with van der Waals surface area (Å²) in [5, 5.41) is 3.97. The number of amides is 1. The summed E-state index contributed by atoms with van der Waals surface area (Å²) < 4.78 is 44.7. The topological polar surface area (TPSA) is 79.2 Å². The van der Waals surface area contributed by atoms with Gasteiger partial charge in [0.25, 0.3) is 5.91 Å². The number of carbonyl (C=O) groups is 2. The molecule has 30 heavy (non-hydrogen) atoms. The van der Waals surface area contributed by atoms with Crippen LogP contribution in [-0.4, -0.2) is 45.5 Å². The van der Waals surface area contributed by atoms with Crippen LogP contribution >= 0.6 is 0 Å². The summed E-state index contributed by atoms with van der Waals surface area (Å²) in [4.78, 5) is 29.2. The molecule has 6 nitrogen and oxygen atoms in total. The molecule has 1 aliphatic heterocycles. The molecular formula is C21H18F3N3O3. The molecule has 0 radical (unpaired) electrons. The Morgan fingerprint density at radius 1 is 1.23 bits per heavy atom. The van der Waals surface area contributed by atoms with Gasteiger partial charge in [-0.15, -0.1) is 0 Å². The van der Waals surface area contributed by atoms with Gasteiger partial charge in [0.2, 0.25) is 0 Å². The molecule has 0 unspecified atom stereocenters. The van der Waals surface area contributed by atoms with Crippen molar-refractivity contribution in [3.8, 4) is 11.3 Å². The Balaban J connectivity index is 1.62. The van der Waals surface area contributed by atoms with Crippen LogP contribution in [0.3, 0.4) is 0 Å². The molecule has 0 bridgehead atoms. The van der Waals surface area contributed by atoms with Gasteiger partial charge in [-0.2, -0.15) is 13.2 Å². The maximum atomic E-state index is 13.2. The number of nitrogens with zero attached hydrogens (tertiary/aromatic N) is 2. The lowest BCUT2D eigenvalue weighted by atomic mass is 9.99. The second kappa shape index (κ2) is 7.47. The Morgan fingerprint density at radius 2 is 1.97 bits per heavy atom. The fraction of sp³-hybridized carbons (Fsp3) is 0.286. The lowest BCUT2D eigenvalue weighted by Crippen LogP contribution is -2.44. The molecule has 1 fully saturated rings. The minimum atomic E-state index is -4.48. The Morgan fingerprint density at radius 3 is 2.67 bits per heavy atom. The van der Waals surface area contributed by atoms with Gasteiger partial charge in [-0.1, -0.05) is 35.5 Å². The second-order valence-electron chi connectivity index (χ2n) is 7.16. The third-order valence-corrected chi connectivity index (χ3v) is 5.20. The fourth-order valence-electron chi connectivity index (χ4n) is 3.73. The smallest absolute Gasteiger partial charge is 0.360 e. The Bertz CT molecular complexity index is 1090. The van der Waals surface area contributed by atoms with Crippen molar-refractivity contribution in [2.75, 3.05) is 6.54 Å². The van der Waals surface area contributed by atoms with Gasteiger partial charge < -0.3 is 14.4 Å². The summed E-state index contributed by atoms with van der Waals surface area (Å²) in [6, 6.07) is 8.46. The number of rotatable bonds is 4. The molecule has 156 valence electrons. The Hall–Kier alpha value is -3.36. The number of alkyl halides is 3. The van der Waals surface area contributed by atoms with Crippen LogP contribution < -0.4 is 0 Å². The number of carbonyl (C=O) groups excluding carboxylic acids is 2. The summed E-state index contributed by atoms with van der Waals surface area (Å²) in [6.45, 7) is 1.62. The lowest BCUT2D eigenvalue weighted by Gasteiger charge is -2.26. The molecule has 1 aliphatic rings. The molecule has 3 heterocycles. The Kier molecular flexibility index (Phi) is 4.97. The van der Waals surface area contributed by atoms with Gasteiger partial charge in [0.1, 0.15) is 23.2 Å². The lowest BCUT2D eigenvalue weighted by molar-refractivity contribution is -0.169. The monoisotopic (exact) mass is 417 g/mol. The molecule has 1 amide bonds. The molecule has 0 spiro atoms. The number of likely N-dealkylation sites (tertiary alicyclic amines) is 1. The van der Waals surface area contributed by atoms with E-state index in [-0.39, 0.29) is 36.2 Å².